The smallest absolute Gasteiger partial charge is 0.142 e. The lowest BCUT2D eigenvalue weighted by Gasteiger charge is -2.22. The summed E-state index contributed by atoms with van der Waals surface area (Å²) in [6.45, 7) is 4.71. The van der Waals surface area contributed by atoms with Crippen LogP contribution in [0.25, 0.3) is 105 Å². The van der Waals surface area contributed by atoms with E-state index in [1.807, 2.05) is 0 Å². The summed E-state index contributed by atoms with van der Waals surface area (Å²) in [4.78, 5) is 0. The van der Waals surface area contributed by atoms with Crippen LogP contribution in [0.15, 0.2) is 156 Å². The van der Waals surface area contributed by atoms with Crippen molar-refractivity contribution in [3.63, 3.8) is 0 Å². The molecule has 0 bridgehead atoms. The molecule has 0 amide bonds. The minimum atomic E-state index is -0.210. The summed E-state index contributed by atoms with van der Waals surface area (Å²) >= 11 is 0. The highest BCUT2D eigenvalue weighted by Crippen LogP contribution is 2.58. The normalized spacial score (nSPS) is 13.8. The monoisotopic (exact) mass is 649 g/mol. The van der Waals surface area contributed by atoms with Crippen molar-refractivity contribution in [3.05, 3.63) is 163 Å². The second-order valence-electron chi connectivity index (χ2n) is 14.8. The quantitative estimate of drug-likeness (QED) is 0.182. The molecule has 0 fully saturated rings. The van der Waals surface area contributed by atoms with Crippen LogP contribution in [0.5, 0.6) is 0 Å². The third-order valence-electron chi connectivity index (χ3n) is 11.9. The summed E-state index contributed by atoms with van der Waals surface area (Å²) in [5.41, 5.74) is 18.3. The van der Waals surface area contributed by atoms with Gasteiger partial charge in [0.05, 0.1) is 16.4 Å². The molecule has 0 spiro atoms. The zero-order valence-electron chi connectivity index (χ0n) is 28.3. The number of hydrogen-bond acceptors (Lipinski definition) is 1. The van der Waals surface area contributed by atoms with Crippen molar-refractivity contribution in [1.29, 1.82) is 0 Å². The molecule has 51 heavy (non-hydrogen) atoms. The number of aromatic nitrogens is 1. The Labute approximate surface area is 294 Å². The van der Waals surface area contributed by atoms with Gasteiger partial charge in [0.25, 0.3) is 0 Å². The molecule has 0 saturated heterocycles. The van der Waals surface area contributed by atoms with Crippen molar-refractivity contribution in [2.45, 2.75) is 19.3 Å². The van der Waals surface area contributed by atoms with Crippen LogP contribution >= 0.6 is 0 Å². The van der Waals surface area contributed by atoms with Crippen molar-refractivity contribution in [2.24, 2.45) is 0 Å². The zero-order chi connectivity index (χ0) is 33.6. The van der Waals surface area contributed by atoms with Crippen molar-refractivity contribution in [3.8, 4) is 50.2 Å². The number of para-hydroxylation sites is 2. The van der Waals surface area contributed by atoms with E-state index in [0.29, 0.717) is 0 Å². The molecule has 10 aromatic rings. The van der Waals surface area contributed by atoms with Gasteiger partial charge in [0.2, 0.25) is 0 Å². The lowest BCUT2D eigenvalue weighted by atomic mass is 9.81. The van der Waals surface area contributed by atoms with Crippen LogP contribution in [0, 0.1) is 0 Å². The molecule has 0 aliphatic heterocycles. The molecule has 2 heteroatoms. The summed E-state index contributed by atoms with van der Waals surface area (Å²) in [6, 6.07) is 55.8. The molecule has 2 aromatic heterocycles. The molecule has 12 rings (SSSR count). The number of benzene rings is 8. The molecule has 0 saturated carbocycles. The van der Waals surface area contributed by atoms with E-state index in [4.69, 9.17) is 4.42 Å². The molecule has 2 nitrogen and oxygen atoms in total. The minimum absolute atomic E-state index is 0.210. The Hall–Kier alpha value is -6.38. The highest BCUT2D eigenvalue weighted by Gasteiger charge is 2.41. The molecule has 2 heterocycles. The van der Waals surface area contributed by atoms with Gasteiger partial charge < -0.3 is 8.98 Å². The number of hydrogen-bond donors (Lipinski definition) is 0. The fraction of sp³-hybridized carbons (Fsp3) is 0.0612. The average Bonchev–Trinajstić information content (AvgIpc) is 3.89. The van der Waals surface area contributed by atoms with E-state index >= 15 is 0 Å². The van der Waals surface area contributed by atoms with Crippen LogP contribution in [0.2, 0.25) is 0 Å². The Morgan fingerprint density at radius 1 is 0.471 bits per heavy atom. The maximum absolute atomic E-state index is 6.91. The van der Waals surface area contributed by atoms with E-state index in [1.54, 1.807) is 0 Å². The van der Waals surface area contributed by atoms with Crippen molar-refractivity contribution in [1.82, 2.24) is 4.57 Å². The van der Waals surface area contributed by atoms with Gasteiger partial charge in [0.15, 0.2) is 0 Å². The van der Waals surface area contributed by atoms with Gasteiger partial charge >= 0.3 is 0 Å². The molecule has 0 N–H and O–H groups in total. The maximum atomic E-state index is 6.91. The zero-order valence-corrected chi connectivity index (χ0v) is 28.3. The lowest BCUT2D eigenvalue weighted by Crippen LogP contribution is -2.15. The second kappa shape index (κ2) is 9.44. The Bertz CT molecular complexity index is 3120. The predicted molar refractivity (Wildman–Crippen MR) is 213 cm³/mol. The minimum Gasteiger partial charge on any atom is -0.456 e. The van der Waals surface area contributed by atoms with Crippen molar-refractivity contribution >= 4 is 54.5 Å². The van der Waals surface area contributed by atoms with Crippen LogP contribution in [0.3, 0.4) is 0 Å². The Morgan fingerprint density at radius 2 is 1.10 bits per heavy atom. The van der Waals surface area contributed by atoms with Crippen molar-refractivity contribution in [2.75, 3.05) is 0 Å². The molecule has 8 aromatic carbocycles. The molecular weight excluding hydrogens is 619 g/mol. The summed E-state index contributed by atoms with van der Waals surface area (Å²) < 4.78 is 9.39. The highest BCUT2D eigenvalue weighted by atomic mass is 16.3. The number of fused-ring (bicyclic) bond motifs is 15. The fourth-order valence-electron chi connectivity index (χ4n) is 9.79. The fourth-order valence-corrected chi connectivity index (χ4v) is 9.79. The van der Waals surface area contributed by atoms with Gasteiger partial charge in [-0.05, 0) is 85.1 Å². The molecule has 0 unspecified atom stereocenters. The molecule has 2 aliphatic rings. The van der Waals surface area contributed by atoms with E-state index in [9.17, 15) is 0 Å². The summed E-state index contributed by atoms with van der Waals surface area (Å²) in [6.07, 6.45) is 0. The summed E-state index contributed by atoms with van der Waals surface area (Å²) in [7, 11) is 0. The van der Waals surface area contributed by atoms with Gasteiger partial charge in [-0.15, -0.1) is 0 Å². The first kappa shape index (κ1) is 27.4. The van der Waals surface area contributed by atoms with Gasteiger partial charge in [0.1, 0.15) is 11.2 Å². The van der Waals surface area contributed by atoms with Gasteiger partial charge in [-0.3, -0.25) is 0 Å². The maximum Gasteiger partial charge on any atom is 0.142 e. The molecule has 0 radical (unpaired) electrons. The number of rotatable bonds is 2. The van der Waals surface area contributed by atoms with Gasteiger partial charge in [-0.2, -0.15) is 0 Å². The standard InChI is InChI=1S/C49H31NO/c1-49(2)39-19-8-5-14-36(39)43-44-37-15-6-9-20-40(37)50(47(44)45-38-16-7-10-21-41(38)51-48(45)46(43)49)29-24-22-28(23-25-29)30-26-27-35-32-13-4-3-12-31(32)34-18-11-17-33(30)42(34)35/h3-27H,1-2H3. The van der Waals surface area contributed by atoms with E-state index in [-0.39, 0.29) is 5.41 Å². The van der Waals surface area contributed by atoms with E-state index in [2.05, 4.69) is 170 Å². The molecule has 238 valence electrons. The van der Waals surface area contributed by atoms with E-state index in [0.717, 1.165) is 22.2 Å². The van der Waals surface area contributed by atoms with Gasteiger partial charge in [-0.1, -0.05) is 141 Å². The summed E-state index contributed by atoms with van der Waals surface area (Å²) in [5.74, 6) is 0. The highest BCUT2D eigenvalue weighted by molar-refractivity contribution is 6.31. The van der Waals surface area contributed by atoms with Crippen LogP contribution in [0.1, 0.15) is 25.0 Å². The van der Waals surface area contributed by atoms with Crippen LogP contribution in [-0.4, -0.2) is 4.57 Å². The predicted octanol–water partition coefficient (Wildman–Crippen LogP) is 13.5. The largest absolute Gasteiger partial charge is 0.456 e. The van der Waals surface area contributed by atoms with E-state index in [1.165, 1.54) is 93.6 Å². The third-order valence-corrected chi connectivity index (χ3v) is 11.9. The molecule has 2 aliphatic carbocycles. The van der Waals surface area contributed by atoms with Crippen LogP contribution in [-0.2, 0) is 5.41 Å². The Balaban J connectivity index is 1.15. The SMILES string of the molecule is CC1(C)c2ccccc2-c2c1c1oc3ccccc3c1c1c2c2ccccc2n1-c1ccc(-c2ccc3c4c(cccc24)-c2ccccc2-3)cc1. The number of furan rings is 1. The first-order valence-corrected chi connectivity index (χ1v) is 17.9. The van der Waals surface area contributed by atoms with E-state index < -0.39 is 0 Å². The Morgan fingerprint density at radius 3 is 1.92 bits per heavy atom. The molecular formula is C49H31NO. The Kier molecular flexibility index (Phi) is 5.08. The van der Waals surface area contributed by atoms with Crippen molar-refractivity contribution < 1.29 is 4.42 Å². The first-order chi connectivity index (χ1) is 25.1. The summed E-state index contributed by atoms with van der Waals surface area (Å²) in [5, 5.41) is 7.56. The molecule has 0 atom stereocenters. The van der Waals surface area contributed by atoms with Gasteiger partial charge in [-0.25, -0.2) is 0 Å². The second-order valence-corrected chi connectivity index (χ2v) is 14.8. The van der Waals surface area contributed by atoms with Gasteiger partial charge in [0, 0.05) is 32.8 Å². The lowest BCUT2D eigenvalue weighted by molar-refractivity contribution is 0.620. The van der Waals surface area contributed by atoms with Crippen LogP contribution in [0.4, 0.5) is 0 Å². The third kappa shape index (κ3) is 3.33. The topological polar surface area (TPSA) is 18.1 Å². The average molecular weight is 650 g/mol. The number of nitrogens with zero attached hydrogens (tertiary/aromatic N) is 1. The first-order valence-electron chi connectivity index (χ1n) is 17.9. The van der Waals surface area contributed by atoms with Crippen LogP contribution < -0.4 is 0 Å².